The molecular formula is C17H22N2O2. The number of nitrogens with one attached hydrogen (secondary N) is 1. The van der Waals surface area contributed by atoms with Crippen LogP contribution in [0.4, 0.5) is 0 Å². The van der Waals surface area contributed by atoms with Crippen molar-refractivity contribution in [3.63, 3.8) is 0 Å². The van der Waals surface area contributed by atoms with E-state index >= 15 is 0 Å². The summed E-state index contributed by atoms with van der Waals surface area (Å²) in [6.07, 6.45) is 2.22. The largest absolute Gasteiger partial charge is 0.396 e. The van der Waals surface area contributed by atoms with Crippen molar-refractivity contribution in [2.24, 2.45) is 5.41 Å². The van der Waals surface area contributed by atoms with Crippen LogP contribution in [0.3, 0.4) is 0 Å². The maximum absolute atomic E-state index is 12.6. The minimum Gasteiger partial charge on any atom is -0.396 e. The third-order valence-electron chi connectivity index (χ3n) is 3.65. The molecule has 1 atom stereocenters. The van der Waals surface area contributed by atoms with Crippen molar-refractivity contribution in [2.75, 3.05) is 6.61 Å². The lowest BCUT2D eigenvalue weighted by molar-refractivity contribution is 0.0886. The number of para-hydroxylation sites is 1. The Labute approximate surface area is 125 Å². The van der Waals surface area contributed by atoms with E-state index in [0.29, 0.717) is 17.5 Å². The third kappa shape index (κ3) is 3.58. The maximum atomic E-state index is 12.6. The van der Waals surface area contributed by atoms with Gasteiger partial charge in [-0.3, -0.25) is 9.78 Å². The molecule has 0 saturated heterocycles. The first-order valence-corrected chi connectivity index (χ1v) is 7.19. The molecule has 21 heavy (non-hydrogen) atoms. The zero-order chi connectivity index (χ0) is 15.5. The van der Waals surface area contributed by atoms with Crippen LogP contribution in [-0.2, 0) is 0 Å². The number of pyridine rings is 1. The number of aliphatic hydroxyl groups excluding tert-OH is 1. The molecule has 2 rings (SSSR count). The first kappa shape index (κ1) is 15.4. The summed E-state index contributed by atoms with van der Waals surface area (Å²) in [5.41, 5.74) is 1.16. The second-order valence-electron chi connectivity index (χ2n) is 6.29. The lowest BCUT2D eigenvalue weighted by atomic mass is 9.84. The molecule has 0 fully saturated rings. The van der Waals surface area contributed by atoms with E-state index in [0.717, 1.165) is 5.39 Å². The molecule has 0 radical (unpaired) electrons. The standard InChI is InChI=1S/C17H22N2O2/c1-17(2,3)14(9-11-20)19-16(21)13-8-4-6-12-7-5-10-18-15(12)13/h4-8,10,14,20H,9,11H2,1-3H3,(H,19,21). The molecule has 112 valence electrons. The predicted molar refractivity (Wildman–Crippen MR) is 84.2 cm³/mol. The van der Waals surface area contributed by atoms with Gasteiger partial charge in [-0.15, -0.1) is 0 Å². The molecule has 2 N–H and O–H groups in total. The second-order valence-corrected chi connectivity index (χ2v) is 6.29. The van der Waals surface area contributed by atoms with Crippen LogP contribution in [0, 0.1) is 5.41 Å². The van der Waals surface area contributed by atoms with Gasteiger partial charge in [-0.25, -0.2) is 0 Å². The minimum absolute atomic E-state index is 0.0516. The van der Waals surface area contributed by atoms with Gasteiger partial charge < -0.3 is 10.4 Å². The van der Waals surface area contributed by atoms with E-state index in [-0.39, 0.29) is 24.0 Å². The van der Waals surface area contributed by atoms with Crippen molar-refractivity contribution in [3.8, 4) is 0 Å². The van der Waals surface area contributed by atoms with Gasteiger partial charge in [-0.2, -0.15) is 0 Å². The first-order chi connectivity index (χ1) is 9.93. The smallest absolute Gasteiger partial charge is 0.253 e. The maximum Gasteiger partial charge on any atom is 0.253 e. The molecule has 0 spiro atoms. The molecule has 4 nitrogen and oxygen atoms in total. The molecule has 0 bridgehead atoms. The van der Waals surface area contributed by atoms with Gasteiger partial charge in [0.25, 0.3) is 5.91 Å². The molecule has 1 heterocycles. The summed E-state index contributed by atoms with van der Waals surface area (Å²) in [7, 11) is 0. The first-order valence-electron chi connectivity index (χ1n) is 7.19. The summed E-state index contributed by atoms with van der Waals surface area (Å²) in [5.74, 6) is -0.146. The van der Waals surface area contributed by atoms with Crippen molar-refractivity contribution in [3.05, 3.63) is 42.1 Å². The second kappa shape index (κ2) is 6.22. The highest BCUT2D eigenvalue weighted by Crippen LogP contribution is 2.23. The highest BCUT2D eigenvalue weighted by atomic mass is 16.3. The van der Waals surface area contributed by atoms with E-state index in [2.05, 4.69) is 31.1 Å². The van der Waals surface area contributed by atoms with Crippen LogP contribution in [0.25, 0.3) is 10.9 Å². The summed E-state index contributed by atoms with van der Waals surface area (Å²) in [5, 5.41) is 13.2. The Morgan fingerprint density at radius 2 is 2.00 bits per heavy atom. The lowest BCUT2D eigenvalue weighted by Gasteiger charge is -2.31. The molecule has 1 unspecified atom stereocenters. The highest BCUT2D eigenvalue weighted by molar-refractivity contribution is 6.05. The summed E-state index contributed by atoms with van der Waals surface area (Å²) in [6, 6.07) is 9.28. The number of amides is 1. The number of benzene rings is 1. The number of rotatable bonds is 4. The Balaban J connectivity index is 2.30. The molecule has 1 aromatic heterocycles. The van der Waals surface area contributed by atoms with Crippen molar-refractivity contribution in [1.29, 1.82) is 0 Å². The van der Waals surface area contributed by atoms with Gasteiger partial charge >= 0.3 is 0 Å². The monoisotopic (exact) mass is 286 g/mol. The fourth-order valence-electron chi connectivity index (χ4n) is 2.37. The fraction of sp³-hybridized carbons (Fsp3) is 0.412. The molecule has 0 aliphatic heterocycles. The summed E-state index contributed by atoms with van der Waals surface area (Å²) >= 11 is 0. The van der Waals surface area contributed by atoms with Gasteiger partial charge in [0.15, 0.2) is 0 Å². The molecule has 1 aromatic carbocycles. The molecule has 4 heteroatoms. The van der Waals surface area contributed by atoms with Crippen LogP contribution in [0.5, 0.6) is 0 Å². The van der Waals surface area contributed by atoms with Crippen molar-refractivity contribution < 1.29 is 9.90 Å². The van der Waals surface area contributed by atoms with Crippen molar-refractivity contribution >= 4 is 16.8 Å². The number of fused-ring (bicyclic) bond motifs is 1. The number of nitrogens with zero attached hydrogens (tertiary/aromatic N) is 1. The summed E-state index contributed by atoms with van der Waals surface area (Å²) in [4.78, 5) is 16.9. The Bertz CT molecular complexity index is 627. The van der Waals surface area contributed by atoms with Gasteiger partial charge in [0.2, 0.25) is 0 Å². The number of aromatic nitrogens is 1. The van der Waals surface area contributed by atoms with Gasteiger partial charge in [0.05, 0.1) is 11.1 Å². The Kier molecular flexibility index (Phi) is 4.58. The predicted octanol–water partition coefficient (Wildman–Crippen LogP) is 2.76. The average Bonchev–Trinajstić information content (AvgIpc) is 2.45. The van der Waals surface area contributed by atoms with E-state index in [1.54, 1.807) is 12.3 Å². The van der Waals surface area contributed by atoms with Crippen molar-refractivity contribution in [1.82, 2.24) is 10.3 Å². The van der Waals surface area contributed by atoms with Gasteiger partial charge in [0.1, 0.15) is 0 Å². The van der Waals surface area contributed by atoms with Crippen LogP contribution in [0.2, 0.25) is 0 Å². The zero-order valence-electron chi connectivity index (χ0n) is 12.8. The third-order valence-corrected chi connectivity index (χ3v) is 3.65. The van der Waals surface area contributed by atoms with Gasteiger partial charge in [-0.05, 0) is 24.0 Å². The zero-order valence-corrected chi connectivity index (χ0v) is 12.8. The quantitative estimate of drug-likeness (QED) is 0.908. The van der Waals surface area contributed by atoms with Crippen LogP contribution in [-0.4, -0.2) is 28.6 Å². The number of carbonyl (C=O) groups is 1. The minimum atomic E-state index is -0.146. The highest BCUT2D eigenvalue weighted by Gasteiger charge is 2.26. The van der Waals surface area contributed by atoms with E-state index in [1.165, 1.54) is 0 Å². The van der Waals surface area contributed by atoms with E-state index in [1.807, 2.05) is 24.3 Å². The van der Waals surface area contributed by atoms with E-state index in [9.17, 15) is 9.90 Å². The van der Waals surface area contributed by atoms with E-state index < -0.39 is 0 Å². The van der Waals surface area contributed by atoms with Crippen molar-refractivity contribution in [2.45, 2.75) is 33.2 Å². The Morgan fingerprint density at radius 1 is 1.29 bits per heavy atom. The van der Waals surface area contributed by atoms with Crippen LogP contribution < -0.4 is 5.32 Å². The number of hydrogen-bond donors (Lipinski definition) is 2. The number of aliphatic hydroxyl groups is 1. The number of hydrogen-bond acceptors (Lipinski definition) is 3. The Hall–Kier alpha value is -1.94. The van der Waals surface area contributed by atoms with E-state index in [4.69, 9.17) is 0 Å². The molecule has 0 aliphatic carbocycles. The summed E-state index contributed by atoms with van der Waals surface area (Å²) < 4.78 is 0. The SMILES string of the molecule is CC(C)(C)C(CCO)NC(=O)c1cccc2cccnc12. The average molecular weight is 286 g/mol. The molecule has 1 amide bonds. The molecule has 0 saturated carbocycles. The van der Waals surface area contributed by atoms with Crippen LogP contribution in [0.15, 0.2) is 36.5 Å². The molecule has 2 aromatic rings. The topological polar surface area (TPSA) is 62.2 Å². The summed E-state index contributed by atoms with van der Waals surface area (Å²) in [6.45, 7) is 6.20. The number of carbonyl (C=O) groups excluding carboxylic acids is 1. The Morgan fingerprint density at radius 3 is 2.67 bits per heavy atom. The van der Waals surface area contributed by atoms with Crippen LogP contribution in [0.1, 0.15) is 37.6 Å². The lowest BCUT2D eigenvalue weighted by Crippen LogP contribution is -2.44. The van der Waals surface area contributed by atoms with Gasteiger partial charge in [0, 0.05) is 24.2 Å². The molecule has 0 aliphatic rings. The normalized spacial score (nSPS) is 13.1. The fourth-order valence-corrected chi connectivity index (χ4v) is 2.37. The van der Waals surface area contributed by atoms with Gasteiger partial charge in [-0.1, -0.05) is 39.0 Å². The van der Waals surface area contributed by atoms with Crippen LogP contribution >= 0.6 is 0 Å². The molecular weight excluding hydrogens is 264 g/mol.